The highest BCUT2D eigenvalue weighted by atomic mass is 14.9. The second-order valence-corrected chi connectivity index (χ2v) is 5.82. The fraction of sp³-hybridized carbons (Fsp3) is 1.00. The molecule has 0 nitrogen and oxygen atoms in total. The van der Waals surface area contributed by atoms with Gasteiger partial charge in [0.1, 0.15) is 0 Å². The van der Waals surface area contributed by atoms with Crippen molar-refractivity contribution >= 4 is 0 Å². The van der Waals surface area contributed by atoms with E-state index in [1.165, 1.54) is 17.8 Å². The summed E-state index contributed by atoms with van der Waals surface area (Å²) in [6.07, 6.45) is 4.80. The third-order valence-corrected chi connectivity index (χ3v) is 6.34. The Bertz CT molecular complexity index is 251. The Balaban J connectivity index is 1.86. The van der Waals surface area contributed by atoms with Crippen LogP contribution in [0.25, 0.3) is 0 Å². The van der Waals surface area contributed by atoms with Crippen LogP contribution in [0.15, 0.2) is 0 Å². The zero-order chi connectivity index (χ0) is 7.43. The van der Waals surface area contributed by atoms with Gasteiger partial charge in [0.2, 0.25) is 0 Å². The molecule has 6 atom stereocenters. The van der Waals surface area contributed by atoms with Crippen molar-refractivity contribution in [2.24, 2.45) is 34.5 Å². The Labute approximate surface area is 68.4 Å². The van der Waals surface area contributed by atoms with Crippen molar-refractivity contribution in [3.63, 3.8) is 0 Å². The lowest BCUT2D eigenvalue weighted by molar-refractivity contribution is -0.455. The molecule has 0 radical (unpaired) electrons. The van der Waals surface area contributed by atoms with Gasteiger partial charge in [0.05, 0.1) is 0 Å². The van der Waals surface area contributed by atoms with E-state index in [4.69, 9.17) is 0 Å². The highest BCUT2D eigenvalue weighted by Gasteiger charge is 2.88. The van der Waals surface area contributed by atoms with Crippen LogP contribution in [0.2, 0.25) is 0 Å². The van der Waals surface area contributed by atoms with Gasteiger partial charge in [0, 0.05) is 0 Å². The SMILES string of the molecule is CC1C2CC3CC4CC1(C)C342. The van der Waals surface area contributed by atoms with Gasteiger partial charge in [-0.2, -0.15) is 0 Å². The van der Waals surface area contributed by atoms with E-state index < -0.39 is 0 Å². The van der Waals surface area contributed by atoms with E-state index in [2.05, 4.69) is 13.8 Å². The first kappa shape index (κ1) is 5.61. The van der Waals surface area contributed by atoms with Gasteiger partial charge < -0.3 is 0 Å². The van der Waals surface area contributed by atoms with Gasteiger partial charge in [-0.05, 0) is 53.8 Å². The van der Waals surface area contributed by atoms with Crippen molar-refractivity contribution in [2.75, 3.05) is 0 Å². The van der Waals surface area contributed by atoms with Crippen molar-refractivity contribution in [1.82, 2.24) is 0 Å². The van der Waals surface area contributed by atoms with Gasteiger partial charge in [-0.1, -0.05) is 13.8 Å². The summed E-state index contributed by atoms with van der Waals surface area (Å²) in [5, 5.41) is 0. The first-order chi connectivity index (χ1) is 5.21. The third-order valence-electron chi connectivity index (χ3n) is 6.34. The summed E-state index contributed by atoms with van der Waals surface area (Å²) in [5.74, 6) is 4.67. The van der Waals surface area contributed by atoms with E-state index in [0.29, 0.717) is 0 Å². The highest BCUT2D eigenvalue weighted by molar-refractivity contribution is 5.36. The lowest BCUT2D eigenvalue weighted by Crippen LogP contribution is -2.87. The number of rotatable bonds is 0. The molecule has 1 spiro atoms. The molecule has 0 aromatic carbocycles. The summed E-state index contributed by atoms with van der Waals surface area (Å²) in [6.45, 7) is 5.07. The lowest BCUT2D eigenvalue weighted by Gasteiger charge is -2.93. The molecule has 0 aromatic rings. The van der Waals surface area contributed by atoms with E-state index in [9.17, 15) is 0 Å². The molecule has 4 aliphatic rings. The Morgan fingerprint density at radius 2 is 2.00 bits per heavy atom. The summed E-state index contributed by atoms with van der Waals surface area (Å²) in [7, 11) is 0. The zero-order valence-corrected chi connectivity index (χ0v) is 7.43. The smallest absolute Gasteiger partial charge is 0.0153 e. The molecule has 0 N–H and O–H groups in total. The lowest BCUT2D eigenvalue weighted by atomic mass is 9.11. The van der Waals surface area contributed by atoms with E-state index in [0.717, 1.165) is 16.7 Å². The monoisotopic (exact) mass is 148 g/mol. The summed E-state index contributed by atoms with van der Waals surface area (Å²) >= 11 is 0. The molecule has 4 saturated carbocycles. The molecule has 0 aromatic heterocycles. The Morgan fingerprint density at radius 1 is 1.18 bits per heavy atom. The molecular formula is C11H16. The molecule has 0 amide bonds. The van der Waals surface area contributed by atoms with Crippen molar-refractivity contribution in [3.8, 4) is 0 Å². The first-order valence-electron chi connectivity index (χ1n) is 5.21. The average molecular weight is 148 g/mol. The quantitative estimate of drug-likeness (QED) is 0.495. The van der Waals surface area contributed by atoms with Gasteiger partial charge in [0.25, 0.3) is 0 Å². The van der Waals surface area contributed by atoms with Crippen molar-refractivity contribution in [2.45, 2.75) is 33.1 Å². The number of hydrogen-bond acceptors (Lipinski definition) is 0. The Morgan fingerprint density at radius 3 is 2.45 bits per heavy atom. The van der Waals surface area contributed by atoms with Gasteiger partial charge in [-0.25, -0.2) is 0 Å². The van der Waals surface area contributed by atoms with Crippen molar-refractivity contribution in [3.05, 3.63) is 0 Å². The molecule has 0 bridgehead atoms. The summed E-state index contributed by atoms with van der Waals surface area (Å²) in [4.78, 5) is 0. The molecule has 0 heterocycles. The summed E-state index contributed by atoms with van der Waals surface area (Å²) < 4.78 is 0. The topological polar surface area (TPSA) is 0 Å². The molecule has 60 valence electrons. The Hall–Kier alpha value is 0. The highest BCUT2D eigenvalue weighted by Crippen LogP contribution is 2.94. The van der Waals surface area contributed by atoms with Gasteiger partial charge >= 0.3 is 0 Å². The normalized spacial score (nSPS) is 81.3. The van der Waals surface area contributed by atoms with Crippen LogP contribution >= 0.6 is 0 Å². The maximum Gasteiger partial charge on any atom is -0.0153 e. The second-order valence-electron chi connectivity index (χ2n) is 5.82. The average Bonchev–Trinajstić information content (AvgIpc) is 1.90. The van der Waals surface area contributed by atoms with Crippen LogP contribution in [0.1, 0.15) is 33.1 Å². The molecule has 11 heavy (non-hydrogen) atoms. The molecule has 4 aliphatic carbocycles. The van der Waals surface area contributed by atoms with Crippen LogP contribution in [-0.2, 0) is 0 Å². The molecular weight excluding hydrogens is 132 g/mol. The molecule has 0 heteroatoms. The van der Waals surface area contributed by atoms with Gasteiger partial charge in [-0.3, -0.25) is 0 Å². The molecule has 4 rings (SSSR count). The van der Waals surface area contributed by atoms with Crippen LogP contribution in [-0.4, -0.2) is 0 Å². The molecule has 4 fully saturated rings. The number of hydrogen-bond donors (Lipinski definition) is 0. The molecule has 0 aliphatic heterocycles. The molecule has 0 saturated heterocycles. The minimum Gasteiger partial charge on any atom is -0.0617 e. The largest absolute Gasteiger partial charge is 0.0617 e. The van der Waals surface area contributed by atoms with Gasteiger partial charge in [-0.15, -0.1) is 0 Å². The third kappa shape index (κ3) is 0.256. The van der Waals surface area contributed by atoms with Crippen LogP contribution in [0.5, 0.6) is 0 Å². The predicted molar refractivity (Wildman–Crippen MR) is 44.0 cm³/mol. The minimum atomic E-state index is 0.837. The summed E-state index contributed by atoms with van der Waals surface area (Å²) in [6, 6.07) is 0. The second kappa shape index (κ2) is 1.11. The molecule has 6 unspecified atom stereocenters. The van der Waals surface area contributed by atoms with Crippen LogP contribution < -0.4 is 0 Å². The van der Waals surface area contributed by atoms with Crippen molar-refractivity contribution < 1.29 is 0 Å². The van der Waals surface area contributed by atoms with Crippen LogP contribution in [0.3, 0.4) is 0 Å². The maximum absolute atomic E-state index is 2.57. The minimum absolute atomic E-state index is 0.837. The van der Waals surface area contributed by atoms with E-state index >= 15 is 0 Å². The standard InChI is InChI=1S/C11H16/c1-6-9-4-7-3-8-5-10(6,2)11(7,8)9/h6-9H,3-5H2,1-2H3. The zero-order valence-electron chi connectivity index (χ0n) is 7.43. The van der Waals surface area contributed by atoms with Crippen LogP contribution in [0, 0.1) is 34.5 Å². The van der Waals surface area contributed by atoms with Crippen molar-refractivity contribution in [1.29, 1.82) is 0 Å². The Kier molecular flexibility index (Phi) is 0.567. The maximum atomic E-state index is 2.57. The summed E-state index contributed by atoms with van der Waals surface area (Å²) in [5.41, 5.74) is 1.80. The fourth-order valence-corrected chi connectivity index (χ4v) is 5.86. The van der Waals surface area contributed by atoms with Crippen LogP contribution in [0.4, 0.5) is 0 Å². The van der Waals surface area contributed by atoms with E-state index in [1.807, 2.05) is 0 Å². The predicted octanol–water partition coefficient (Wildman–Crippen LogP) is 2.69. The van der Waals surface area contributed by atoms with E-state index in [1.54, 1.807) is 19.3 Å². The fourth-order valence-electron chi connectivity index (χ4n) is 5.86. The van der Waals surface area contributed by atoms with Gasteiger partial charge in [0.15, 0.2) is 0 Å². The van der Waals surface area contributed by atoms with E-state index in [-0.39, 0.29) is 0 Å². The first-order valence-corrected chi connectivity index (χ1v) is 5.21.